The van der Waals surface area contributed by atoms with E-state index in [1.54, 1.807) is 7.11 Å². The number of Topliss-reactive ketones (excluding diaryl/α,β-unsaturated/α-hetero) is 1. The number of ether oxygens (including phenoxy) is 1. The highest BCUT2D eigenvalue weighted by atomic mass is 32.1. The molecule has 1 aliphatic heterocycles. The van der Waals surface area contributed by atoms with Gasteiger partial charge in [0.05, 0.1) is 24.5 Å². The Labute approximate surface area is 211 Å². The third kappa shape index (κ3) is 4.54. The van der Waals surface area contributed by atoms with E-state index in [4.69, 9.17) is 17.0 Å². The molecule has 0 aromatic heterocycles. The van der Waals surface area contributed by atoms with Crippen LogP contribution in [0.4, 0.5) is 17.1 Å². The summed E-state index contributed by atoms with van der Waals surface area (Å²) in [7, 11) is 1.65. The number of thiocarbonyl (C=S) groups is 1. The SMILES string of the molecule is COc1ccc(C2C3=C(CC(C)(C)CC3=O)Nc3ccccc3N2C(=S)Nc2ccccc2)cc1. The summed E-state index contributed by atoms with van der Waals surface area (Å²) in [5.74, 6) is 0.910. The van der Waals surface area contributed by atoms with Crippen molar-refractivity contribution >= 4 is 40.2 Å². The molecule has 2 aliphatic rings. The van der Waals surface area contributed by atoms with Crippen LogP contribution in [-0.2, 0) is 4.79 Å². The van der Waals surface area contributed by atoms with Gasteiger partial charge in [-0.1, -0.05) is 56.3 Å². The maximum atomic E-state index is 13.8. The van der Waals surface area contributed by atoms with Gasteiger partial charge in [-0.05, 0) is 66.0 Å². The number of rotatable bonds is 3. The molecule has 6 heteroatoms. The number of nitrogens with one attached hydrogen (secondary N) is 2. The van der Waals surface area contributed by atoms with Gasteiger partial charge in [0.15, 0.2) is 10.9 Å². The number of hydrogen-bond acceptors (Lipinski definition) is 4. The van der Waals surface area contributed by atoms with Crippen molar-refractivity contribution < 1.29 is 9.53 Å². The van der Waals surface area contributed by atoms with Gasteiger partial charge in [-0.15, -0.1) is 0 Å². The quantitative estimate of drug-likeness (QED) is 0.404. The zero-order valence-electron chi connectivity index (χ0n) is 20.2. The van der Waals surface area contributed by atoms with Gasteiger partial charge in [0.2, 0.25) is 0 Å². The Kier molecular flexibility index (Phi) is 6.07. The van der Waals surface area contributed by atoms with Gasteiger partial charge < -0.3 is 20.3 Å². The first-order chi connectivity index (χ1) is 16.9. The molecule has 0 saturated carbocycles. The van der Waals surface area contributed by atoms with E-state index in [0.29, 0.717) is 11.5 Å². The predicted octanol–water partition coefficient (Wildman–Crippen LogP) is 6.71. The van der Waals surface area contributed by atoms with Crippen molar-refractivity contribution in [2.75, 3.05) is 22.6 Å². The third-order valence-corrected chi connectivity index (χ3v) is 6.87. The van der Waals surface area contributed by atoms with Crippen molar-refractivity contribution in [3.05, 3.63) is 95.7 Å². The van der Waals surface area contributed by atoms with E-state index in [-0.39, 0.29) is 17.2 Å². The van der Waals surface area contributed by atoms with E-state index in [0.717, 1.165) is 46.1 Å². The number of para-hydroxylation sites is 3. The van der Waals surface area contributed by atoms with Crippen molar-refractivity contribution in [3.8, 4) is 5.75 Å². The summed E-state index contributed by atoms with van der Waals surface area (Å²) in [4.78, 5) is 15.8. The summed E-state index contributed by atoms with van der Waals surface area (Å²) in [6, 6.07) is 25.5. The van der Waals surface area contributed by atoms with Crippen LogP contribution < -0.4 is 20.3 Å². The van der Waals surface area contributed by atoms with Crippen molar-refractivity contribution in [2.45, 2.75) is 32.7 Å². The Morgan fingerprint density at radius 1 is 1.00 bits per heavy atom. The average Bonchev–Trinajstić information content (AvgIpc) is 2.98. The molecule has 1 atom stereocenters. The van der Waals surface area contributed by atoms with Crippen LogP contribution in [0.1, 0.15) is 38.3 Å². The highest BCUT2D eigenvalue weighted by molar-refractivity contribution is 7.80. The molecule has 0 bridgehead atoms. The normalized spacial score (nSPS) is 18.7. The number of anilines is 3. The second-order valence-electron chi connectivity index (χ2n) is 9.82. The first kappa shape index (κ1) is 23.1. The zero-order chi connectivity index (χ0) is 24.6. The lowest BCUT2D eigenvalue weighted by Crippen LogP contribution is -2.41. The minimum Gasteiger partial charge on any atom is -0.497 e. The third-order valence-electron chi connectivity index (χ3n) is 6.58. The fourth-order valence-electron chi connectivity index (χ4n) is 5.02. The Balaban J connectivity index is 1.71. The Bertz CT molecular complexity index is 1300. The fourth-order valence-corrected chi connectivity index (χ4v) is 5.34. The summed E-state index contributed by atoms with van der Waals surface area (Å²) in [5.41, 5.74) is 5.32. The molecular weight excluding hydrogens is 454 g/mol. The van der Waals surface area contributed by atoms with Gasteiger partial charge in [-0.25, -0.2) is 0 Å². The Hall–Kier alpha value is -3.64. The van der Waals surface area contributed by atoms with Crippen LogP contribution in [-0.4, -0.2) is 18.0 Å². The van der Waals surface area contributed by atoms with E-state index in [1.807, 2.05) is 78.9 Å². The zero-order valence-corrected chi connectivity index (χ0v) is 21.0. The predicted molar refractivity (Wildman–Crippen MR) is 146 cm³/mol. The Morgan fingerprint density at radius 2 is 1.69 bits per heavy atom. The smallest absolute Gasteiger partial charge is 0.178 e. The van der Waals surface area contributed by atoms with E-state index >= 15 is 0 Å². The number of carbonyl (C=O) groups is 1. The largest absolute Gasteiger partial charge is 0.497 e. The topological polar surface area (TPSA) is 53.6 Å². The number of methoxy groups -OCH3 is 1. The standard InChI is InChI=1S/C29H29N3O2S/c1-29(2)17-23-26(25(33)18-29)27(19-13-15-21(34-3)16-14-19)32(24-12-8-7-11-22(24)31-23)28(35)30-20-9-5-4-6-10-20/h4-16,27,31H,17-18H2,1-3H3,(H,30,35). The summed E-state index contributed by atoms with van der Waals surface area (Å²) in [6.45, 7) is 4.30. The number of carbonyl (C=O) groups excluding carboxylic acids is 1. The van der Waals surface area contributed by atoms with Gasteiger partial charge >= 0.3 is 0 Å². The lowest BCUT2D eigenvalue weighted by molar-refractivity contribution is -0.118. The molecule has 0 radical (unpaired) electrons. The maximum absolute atomic E-state index is 13.8. The van der Waals surface area contributed by atoms with Gasteiger partial charge in [0, 0.05) is 23.4 Å². The van der Waals surface area contributed by atoms with Gasteiger partial charge in [0.1, 0.15) is 5.75 Å². The highest BCUT2D eigenvalue weighted by Gasteiger charge is 2.42. The highest BCUT2D eigenvalue weighted by Crippen LogP contribution is 2.48. The van der Waals surface area contributed by atoms with Crippen molar-refractivity contribution in [1.82, 2.24) is 0 Å². The molecule has 0 spiro atoms. The maximum Gasteiger partial charge on any atom is 0.178 e. The first-order valence-electron chi connectivity index (χ1n) is 11.8. The van der Waals surface area contributed by atoms with Gasteiger partial charge in [-0.2, -0.15) is 0 Å². The van der Waals surface area contributed by atoms with Gasteiger partial charge in [0.25, 0.3) is 0 Å². The van der Waals surface area contributed by atoms with Crippen LogP contribution in [0, 0.1) is 5.41 Å². The van der Waals surface area contributed by atoms with Crippen LogP contribution in [0.15, 0.2) is 90.1 Å². The summed E-state index contributed by atoms with van der Waals surface area (Å²) < 4.78 is 5.40. The number of allylic oxidation sites excluding steroid dienone is 1. The number of ketones is 1. The molecular formula is C29H29N3O2S. The molecule has 3 aromatic carbocycles. The monoisotopic (exact) mass is 483 g/mol. The lowest BCUT2D eigenvalue weighted by atomic mass is 9.73. The van der Waals surface area contributed by atoms with Crippen LogP contribution in [0.2, 0.25) is 0 Å². The average molecular weight is 484 g/mol. The molecule has 0 saturated heterocycles. The molecule has 35 heavy (non-hydrogen) atoms. The van der Waals surface area contributed by atoms with E-state index in [2.05, 4.69) is 29.4 Å². The lowest BCUT2D eigenvalue weighted by Gasteiger charge is -2.38. The molecule has 1 unspecified atom stereocenters. The van der Waals surface area contributed by atoms with Crippen LogP contribution in [0.25, 0.3) is 0 Å². The van der Waals surface area contributed by atoms with Crippen LogP contribution >= 0.6 is 12.2 Å². The first-order valence-corrected chi connectivity index (χ1v) is 12.2. The van der Waals surface area contributed by atoms with E-state index < -0.39 is 0 Å². The van der Waals surface area contributed by atoms with Crippen molar-refractivity contribution in [3.63, 3.8) is 0 Å². The minimum absolute atomic E-state index is 0.125. The van der Waals surface area contributed by atoms with Crippen LogP contribution in [0.3, 0.4) is 0 Å². The fraction of sp³-hybridized carbons (Fsp3) is 0.241. The Morgan fingerprint density at radius 3 is 2.40 bits per heavy atom. The van der Waals surface area contributed by atoms with E-state index in [9.17, 15) is 4.79 Å². The van der Waals surface area contributed by atoms with Crippen molar-refractivity contribution in [1.29, 1.82) is 0 Å². The van der Waals surface area contributed by atoms with Crippen molar-refractivity contribution in [2.24, 2.45) is 5.41 Å². The summed E-state index contributed by atoms with van der Waals surface area (Å²) in [5, 5.41) is 7.55. The summed E-state index contributed by atoms with van der Waals surface area (Å²) >= 11 is 6.02. The minimum atomic E-state index is -0.389. The number of fused-ring (bicyclic) bond motifs is 1. The molecule has 2 N–H and O–H groups in total. The van der Waals surface area contributed by atoms with E-state index in [1.165, 1.54) is 0 Å². The molecule has 0 amide bonds. The number of nitrogens with zero attached hydrogens (tertiary/aromatic N) is 1. The second-order valence-corrected chi connectivity index (χ2v) is 10.2. The second kappa shape index (κ2) is 9.19. The molecule has 3 aromatic rings. The molecule has 178 valence electrons. The molecule has 1 aliphatic carbocycles. The molecule has 1 heterocycles. The van der Waals surface area contributed by atoms with Gasteiger partial charge in [-0.3, -0.25) is 4.79 Å². The summed E-state index contributed by atoms with van der Waals surface area (Å²) in [6.07, 6.45) is 1.27. The number of benzene rings is 3. The molecule has 5 nitrogen and oxygen atoms in total. The number of hydrogen-bond donors (Lipinski definition) is 2. The molecule has 0 fully saturated rings. The van der Waals surface area contributed by atoms with Crippen LogP contribution in [0.5, 0.6) is 5.75 Å². The molecule has 5 rings (SSSR count).